The van der Waals surface area contributed by atoms with Gasteiger partial charge < -0.3 is 9.64 Å². The van der Waals surface area contributed by atoms with Gasteiger partial charge in [-0.15, -0.1) is 0 Å². The SMILES string of the molecule is CCC(C)N(CCOC)C(=O)c1ccc(CBr)cc1. The van der Waals surface area contributed by atoms with Crippen LogP contribution >= 0.6 is 15.9 Å². The molecule has 106 valence electrons. The number of rotatable bonds is 7. The predicted octanol–water partition coefficient (Wildman–Crippen LogP) is 3.47. The average Bonchev–Trinajstić information content (AvgIpc) is 2.47. The molecule has 0 fully saturated rings. The number of benzene rings is 1. The molecule has 1 unspecified atom stereocenters. The Morgan fingerprint density at radius 1 is 1.37 bits per heavy atom. The third-order valence-corrected chi connectivity index (χ3v) is 3.92. The van der Waals surface area contributed by atoms with Gasteiger partial charge in [0.2, 0.25) is 0 Å². The Kier molecular flexibility index (Phi) is 7.10. The fourth-order valence-corrected chi connectivity index (χ4v) is 2.21. The van der Waals surface area contributed by atoms with E-state index in [1.165, 1.54) is 5.56 Å². The first-order chi connectivity index (χ1) is 9.13. The Balaban J connectivity index is 2.84. The maximum absolute atomic E-state index is 12.5. The summed E-state index contributed by atoms with van der Waals surface area (Å²) in [5.74, 6) is 0.0764. The molecular weight excluding hydrogens is 306 g/mol. The molecule has 1 amide bonds. The van der Waals surface area contributed by atoms with Gasteiger partial charge >= 0.3 is 0 Å². The summed E-state index contributed by atoms with van der Waals surface area (Å²) in [6.07, 6.45) is 0.939. The minimum atomic E-state index is 0.0764. The van der Waals surface area contributed by atoms with Crippen LogP contribution in [0.4, 0.5) is 0 Å². The quantitative estimate of drug-likeness (QED) is 0.717. The third-order valence-electron chi connectivity index (χ3n) is 3.28. The van der Waals surface area contributed by atoms with Crippen LogP contribution in [0.15, 0.2) is 24.3 Å². The zero-order valence-electron chi connectivity index (χ0n) is 11.9. The molecule has 19 heavy (non-hydrogen) atoms. The van der Waals surface area contributed by atoms with Crippen molar-refractivity contribution >= 4 is 21.8 Å². The lowest BCUT2D eigenvalue weighted by atomic mass is 10.1. The minimum absolute atomic E-state index is 0.0764. The van der Waals surface area contributed by atoms with Crippen LogP contribution in [-0.4, -0.2) is 37.1 Å². The molecule has 0 N–H and O–H groups in total. The van der Waals surface area contributed by atoms with Crippen molar-refractivity contribution in [1.29, 1.82) is 0 Å². The van der Waals surface area contributed by atoms with E-state index in [0.717, 1.165) is 17.3 Å². The summed E-state index contributed by atoms with van der Waals surface area (Å²) < 4.78 is 5.09. The van der Waals surface area contributed by atoms with E-state index < -0.39 is 0 Å². The lowest BCUT2D eigenvalue weighted by molar-refractivity contribution is 0.0614. The van der Waals surface area contributed by atoms with Crippen LogP contribution in [0.25, 0.3) is 0 Å². The van der Waals surface area contributed by atoms with Gasteiger partial charge in [-0.25, -0.2) is 0 Å². The molecule has 0 saturated carbocycles. The zero-order chi connectivity index (χ0) is 14.3. The van der Waals surface area contributed by atoms with Crippen LogP contribution in [0.3, 0.4) is 0 Å². The van der Waals surface area contributed by atoms with Crippen LogP contribution in [0.1, 0.15) is 36.2 Å². The first-order valence-corrected chi connectivity index (χ1v) is 7.71. The summed E-state index contributed by atoms with van der Waals surface area (Å²) in [7, 11) is 1.66. The van der Waals surface area contributed by atoms with E-state index in [4.69, 9.17) is 4.74 Å². The van der Waals surface area contributed by atoms with Gasteiger partial charge in [0.05, 0.1) is 6.61 Å². The van der Waals surface area contributed by atoms with E-state index in [1.54, 1.807) is 7.11 Å². The number of carbonyl (C=O) groups is 1. The molecular formula is C15H22BrNO2. The molecule has 0 bridgehead atoms. The van der Waals surface area contributed by atoms with Gasteiger partial charge in [-0.2, -0.15) is 0 Å². The molecule has 1 atom stereocenters. The van der Waals surface area contributed by atoms with Crippen LogP contribution in [0.5, 0.6) is 0 Å². The number of halogens is 1. The number of ether oxygens (including phenoxy) is 1. The first kappa shape index (κ1) is 16.2. The highest BCUT2D eigenvalue weighted by atomic mass is 79.9. The van der Waals surface area contributed by atoms with Crippen LogP contribution in [-0.2, 0) is 10.1 Å². The van der Waals surface area contributed by atoms with Crippen LogP contribution in [0, 0.1) is 0 Å². The van der Waals surface area contributed by atoms with E-state index in [9.17, 15) is 4.79 Å². The molecule has 3 nitrogen and oxygen atoms in total. The molecule has 0 radical (unpaired) electrons. The zero-order valence-corrected chi connectivity index (χ0v) is 13.4. The van der Waals surface area contributed by atoms with Gasteiger partial charge in [-0.3, -0.25) is 4.79 Å². The predicted molar refractivity (Wildman–Crippen MR) is 81.7 cm³/mol. The molecule has 0 aliphatic rings. The lowest BCUT2D eigenvalue weighted by Crippen LogP contribution is -2.40. The number of methoxy groups -OCH3 is 1. The molecule has 0 aliphatic carbocycles. The van der Waals surface area contributed by atoms with Gasteiger partial charge in [0.25, 0.3) is 5.91 Å². The van der Waals surface area contributed by atoms with E-state index >= 15 is 0 Å². The molecule has 0 heterocycles. The molecule has 0 saturated heterocycles. The van der Waals surface area contributed by atoms with Crippen molar-refractivity contribution in [3.05, 3.63) is 35.4 Å². The highest BCUT2D eigenvalue weighted by Crippen LogP contribution is 2.13. The fraction of sp³-hybridized carbons (Fsp3) is 0.533. The van der Waals surface area contributed by atoms with Gasteiger partial charge in [-0.1, -0.05) is 35.0 Å². The van der Waals surface area contributed by atoms with E-state index in [1.807, 2.05) is 29.2 Å². The van der Waals surface area contributed by atoms with Gasteiger partial charge in [0.15, 0.2) is 0 Å². The Hall–Kier alpha value is -0.870. The molecule has 1 rings (SSSR count). The number of carbonyl (C=O) groups excluding carboxylic acids is 1. The summed E-state index contributed by atoms with van der Waals surface area (Å²) in [4.78, 5) is 14.4. The highest BCUT2D eigenvalue weighted by molar-refractivity contribution is 9.08. The van der Waals surface area contributed by atoms with Gasteiger partial charge in [-0.05, 0) is 31.0 Å². The average molecular weight is 328 g/mol. The van der Waals surface area contributed by atoms with Crippen molar-refractivity contribution in [2.24, 2.45) is 0 Å². The summed E-state index contributed by atoms with van der Waals surface area (Å²) in [5.41, 5.74) is 1.91. The highest BCUT2D eigenvalue weighted by Gasteiger charge is 2.19. The second-order valence-electron chi connectivity index (χ2n) is 4.58. The first-order valence-electron chi connectivity index (χ1n) is 6.58. The topological polar surface area (TPSA) is 29.5 Å². The smallest absolute Gasteiger partial charge is 0.254 e. The van der Waals surface area contributed by atoms with Crippen molar-refractivity contribution < 1.29 is 9.53 Å². The van der Waals surface area contributed by atoms with Crippen molar-refractivity contribution in [2.75, 3.05) is 20.3 Å². The summed E-state index contributed by atoms with van der Waals surface area (Å²) in [6, 6.07) is 7.96. The van der Waals surface area contributed by atoms with Crippen molar-refractivity contribution in [2.45, 2.75) is 31.6 Å². The lowest BCUT2D eigenvalue weighted by Gasteiger charge is -2.28. The molecule has 0 aliphatic heterocycles. The maximum Gasteiger partial charge on any atom is 0.254 e. The number of nitrogens with zero attached hydrogens (tertiary/aromatic N) is 1. The van der Waals surface area contributed by atoms with Crippen molar-refractivity contribution in [3.63, 3.8) is 0 Å². The summed E-state index contributed by atoms with van der Waals surface area (Å²) in [5, 5.41) is 0.806. The largest absolute Gasteiger partial charge is 0.383 e. The Morgan fingerprint density at radius 2 is 2.00 bits per heavy atom. The molecule has 0 spiro atoms. The van der Waals surface area contributed by atoms with Crippen molar-refractivity contribution in [1.82, 2.24) is 4.90 Å². The fourth-order valence-electron chi connectivity index (χ4n) is 1.83. The molecule has 1 aromatic rings. The van der Waals surface area contributed by atoms with E-state index in [-0.39, 0.29) is 11.9 Å². The summed E-state index contributed by atoms with van der Waals surface area (Å²) in [6.45, 7) is 5.35. The van der Waals surface area contributed by atoms with Crippen molar-refractivity contribution in [3.8, 4) is 0 Å². The number of alkyl halides is 1. The molecule has 4 heteroatoms. The minimum Gasteiger partial charge on any atom is -0.383 e. The second-order valence-corrected chi connectivity index (χ2v) is 5.14. The Bertz CT molecular complexity index is 392. The van der Waals surface area contributed by atoms with Crippen LogP contribution in [0.2, 0.25) is 0 Å². The van der Waals surface area contributed by atoms with E-state index in [2.05, 4.69) is 29.8 Å². The molecule has 1 aromatic carbocycles. The van der Waals surface area contributed by atoms with Crippen LogP contribution < -0.4 is 0 Å². The Morgan fingerprint density at radius 3 is 2.47 bits per heavy atom. The second kappa shape index (κ2) is 8.33. The van der Waals surface area contributed by atoms with E-state index in [0.29, 0.717) is 13.2 Å². The maximum atomic E-state index is 12.5. The number of amides is 1. The normalized spacial score (nSPS) is 12.2. The van der Waals surface area contributed by atoms with Gasteiger partial charge in [0.1, 0.15) is 0 Å². The number of hydrogen-bond donors (Lipinski definition) is 0. The Labute approximate surface area is 124 Å². The number of hydrogen-bond acceptors (Lipinski definition) is 2. The monoisotopic (exact) mass is 327 g/mol. The molecule has 0 aromatic heterocycles. The standard InChI is InChI=1S/C15H22BrNO2/c1-4-12(2)17(9-10-19-3)15(18)14-7-5-13(11-16)6-8-14/h5-8,12H,4,9-11H2,1-3H3. The third kappa shape index (κ3) is 4.62. The van der Waals surface area contributed by atoms with Gasteiger partial charge in [0, 0.05) is 30.6 Å². The summed E-state index contributed by atoms with van der Waals surface area (Å²) >= 11 is 3.40.